The second-order valence-electron chi connectivity index (χ2n) is 7.40. The highest BCUT2D eigenvalue weighted by molar-refractivity contribution is 5.93. The van der Waals surface area contributed by atoms with Gasteiger partial charge < -0.3 is 10.3 Å². The van der Waals surface area contributed by atoms with Gasteiger partial charge in [0.05, 0.1) is 5.56 Å². The van der Waals surface area contributed by atoms with Crippen LogP contribution in [0, 0.1) is 0 Å². The number of halogens is 3. The van der Waals surface area contributed by atoms with Gasteiger partial charge in [-0.05, 0) is 41.9 Å². The van der Waals surface area contributed by atoms with Crippen LogP contribution in [0.2, 0.25) is 0 Å². The van der Waals surface area contributed by atoms with Gasteiger partial charge in [-0.3, -0.25) is 14.5 Å². The Balaban J connectivity index is 1.63. The van der Waals surface area contributed by atoms with Crippen LogP contribution in [0.4, 0.5) is 13.2 Å². The van der Waals surface area contributed by atoms with Gasteiger partial charge in [-0.1, -0.05) is 49.4 Å². The Kier molecular flexibility index (Phi) is 7.48. The van der Waals surface area contributed by atoms with E-state index in [0.29, 0.717) is 17.8 Å². The molecule has 0 aliphatic carbocycles. The van der Waals surface area contributed by atoms with Crippen LogP contribution in [0.3, 0.4) is 0 Å². The van der Waals surface area contributed by atoms with Crippen molar-refractivity contribution in [3.63, 3.8) is 0 Å². The molecule has 5 nitrogen and oxygen atoms in total. The Bertz CT molecular complexity index is 1110. The zero-order chi connectivity index (χ0) is 23.1. The smallest absolute Gasteiger partial charge is 0.348 e. The number of amides is 1. The van der Waals surface area contributed by atoms with Gasteiger partial charge in [-0.25, -0.2) is 0 Å². The first-order valence-electron chi connectivity index (χ1n) is 10.2. The van der Waals surface area contributed by atoms with E-state index in [2.05, 4.69) is 15.2 Å². The highest BCUT2D eigenvalue weighted by Gasteiger charge is 2.30. The number of aromatic amines is 1. The number of benzene rings is 2. The van der Waals surface area contributed by atoms with E-state index in [-0.39, 0.29) is 12.1 Å². The zero-order valence-electron chi connectivity index (χ0n) is 17.6. The molecule has 2 N–H and O–H groups in total. The molecule has 0 saturated heterocycles. The molecule has 1 aromatic heterocycles. The summed E-state index contributed by atoms with van der Waals surface area (Å²) in [5.74, 6) is -0.646. The summed E-state index contributed by atoms with van der Waals surface area (Å²) in [7, 11) is 0. The van der Waals surface area contributed by atoms with Crippen molar-refractivity contribution < 1.29 is 18.0 Å². The van der Waals surface area contributed by atoms with Crippen molar-refractivity contribution in [3.8, 4) is 0 Å². The molecule has 32 heavy (non-hydrogen) atoms. The Morgan fingerprint density at radius 2 is 1.69 bits per heavy atom. The first-order chi connectivity index (χ1) is 15.3. The average molecular weight is 443 g/mol. The molecule has 0 aliphatic heterocycles. The minimum Gasteiger partial charge on any atom is -0.348 e. The van der Waals surface area contributed by atoms with E-state index in [1.54, 1.807) is 6.07 Å². The van der Waals surface area contributed by atoms with Gasteiger partial charge >= 0.3 is 6.18 Å². The topological polar surface area (TPSA) is 65.2 Å². The molecule has 168 valence electrons. The molecule has 0 fully saturated rings. The molecule has 2 aromatic carbocycles. The summed E-state index contributed by atoms with van der Waals surface area (Å²) < 4.78 is 38.5. The third-order valence-corrected chi connectivity index (χ3v) is 5.01. The van der Waals surface area contributed by atoms with E-state index in [1.165, 1.54) is 18.2 Å². The maximum Gasteiger partial charge on any atom is 0.416 e. The summed E-state index contributed by atoms with van der Waals surface area (Å²) in [5, 5.41) is 2.50. The summed E-state index contributed by atoms with van der Waals surface area (Å²) in [6, 6.07) is 17.8. The largest absolute Gasteiger partial charge is 0.416 e. The molecule has 0 unspecified atom stereocenters. The molecule has 0 atom stereocenters. The molecule has 1 amide bonds. The van der Waals surface area contributed by atoms with E-state index >= 15 is 0 Å². The van der Waals surface area contributed by atoms with E-state index in [0.717, 1.165) is 30.8 Å². The van der Waals surface area contributed by atoms with Crippen LogP contribution in [0.25, 0.3) is 0 Å². The number of alkyl halides is 3. The Labute approximate surface area is 183 Å². The summed E-state index contributed by atoms with van der Waals surface area (Å²) in [5.41, 5.74) is 0.694. The highest BCUT2D eigenvalue weighted by Crippen LogP contribution is 2.29. The first-order valence-corrected chi connectivity index (χ1v) is 10.2. The number of aromatic nitrogens is 1. The minimum absolute atomic E-state index is 0.0909. The predicted molar refractivity (Wildman–Crippen MR) is 116 cm³/mol. The lowest BCUT2D eigenvalue weighted by atomic mass is 10.1. The number of H-pyrrole nitrogens is 1. The lowest BCUT2D eigenvalue weighted by Gasteiger charge is -2.20. The molecular formula is C24H24F3N3O2. The minimum atomic E-state index is -4.46. The fraction of sp³-hybridized carbons (Fsp3) is 0.250. The monoisotopic (exact) mass is 443 g/mol. The number of carbonyl (C=O) groups excluding carboxylic acids is 1. The van der Waals surface area contributed by atoms with Gasteiger partial charge in [0.2, 0.25) is 0 Å². The van der Waals surface area contributed by atoms with Crippen molar-refractivity contribution in [2.45, 2.75) is 32.7 Å². The lowest BCUT2D eigenvalue weighted by molar-refractivity contribution is -0.137. The van der Waals surface area contributed by atoms with Gasteiger partial charge in [-0.2, -0.15) is 13.2 Å². The average Bonchev–Trinajstić information content (AvgIpc) is 2.77. The Hall–Kier alpha value is -3.39. The normalized spacial score (nSPS) is 11.5. The van der Waals surface area contributed by atoms with E-state index in [9.17, 15) is 22.8 Å². The van der Waals surface area contributed by atoms with Gasteiger partial charge in [0, 0.05) is 25.3 Å². The number of carbonyl (C=O) groups is 1. The van der Waals surface area contributed by atoms with Crippen LogP contribution in [-0.4, -0.2) is 22.3 Å². The Morgan fingerprint density at radius 3 is 2.34 bits per heavy atom. The van der Waals surface area contributed by atoms with Crippen LogP contribution in [0.5, 0.6) is 0 Å². The van der Waals surface area contributed by atoms with E-state index < -0.39 is 23.2 Å². The summed E-state index contributed by atoms with van der Waals surface area (Å²) in [4.78, 5) is 29.7. The molecular weight excluding hydrogens is 419 g/mol. The lowest BCUT2D eigenvalue weighted by Crippen LogP contribution is -2.30. The number of hydrogen-bond donors (Lipinski definition) is 2. The van der Waals surface area contributed by atoms with Crippen LogP contribution in [0.15, 0.2) is 71.5 Å². The fourth-order valence-corrected chi connectivity index (χ4v) is 3.28. The molecule has 0 saturated carbocycles. The van der Waals surface area contributed by atoms with Gasteiger partial charge in [0.15, 0.2) is 0 Å². The summed E-state index contributed by atoms with van der Waals surface area (Å²) in [6.45, 7) is 3.91. The zero-order valence-corrected chi connectivity index (χ0v) is 17.6. The van der Waals surface area contributed by atoms with Crippen molar-refractivity contribution in [2.75, 3.05) is 6.54 Å². The highest BCUT2D eigenvalue weighted by atomic mass is 19.4. The molecule has 3 rings (SSSR count). The maximum absolute atomic E-state index is 12.8. The van der Waals surface area contributed by atoms with Crippen LogP contribution < -0.4 is 10.9 Å². The third-order valence-electron chi connectivity index (χ3n) is 5.01. The van der Waals surface area contributed by atoms with Crippen LogP contribution in [0.1, 0.15) is 39.7 Å². The standard InChI is InChI=1S/C24H24F3N3O2/c1-2-30(15-17-7-4-3-5-8-17)16-20-11-12-21(23(32)29-20)22(31)28-14-18-9-6-10-19(13-18)24(25,26)27/h3-13H,2,14-16H2,1H3,(H,28,31)(H,29,32). The van der Waals surface area contributed by atoms with Crippen molar-refractivity contribution in [2.24, 2.45) is 0 Å². The SMILES string of the molecule is CCN(Cc1ccccc1)Cc1ccc(C(=O)NCc2cccc(C(F)(F)F)c2)c(=O)[nH]1. The maximum atomic E-state index is 12.8. The Morgan fingerprint density at radius 1 is 0.969 bits per heavy atom. The number of rotatable bonds is 8. The van der Waals surface area contributed by atoms with Crippen LogP contribution >= 0.6 is 0 Å². The molecule has 8 heteroatoms. The number of nitrogens with zero attached hydrogens (tertiary/aromatic N) is 1. The second kappa shape index (κ2) is 10.3. The first kappa shape index (κ1) is 23.3. The molecule has 3 aromatic rings. The van der Waals surface area contributed by atoms with Crippen LogP contribution in [-0.2, 0) is 25.8 Å². The molecule has 0 aliphatic rings. The predicted octanol–water partition coefficient (Wildman–Crippen LogP) is 4.35. The van der Waals surface area contributed by atoms with Crippen molar-refractivity contribution in [1.82, 2.24) is 15.2 Å². The van der Waals surface area contributed by atoms with E-state index in [1.807, 2.05) is 37.3 Å². The second-order valence-corrected chi connectivity index (χ2v) is 7.40. The number of pyridine rings is 1. The molecule has 0 bridgehead atoms. The number of nitrogens with one attached hydrogen (secondary N) is 2. The van der Waals surface area contributed by atoms with Crippen molar-refractivity contribution in [1.29, 1.82) is 0 Å². The fourth-order valence-electron chi connectivity index (χ4n) is 3.28. The summed E-state index contributed by atoms with van der Waals surface area (Å²) in [6.07, 6.45) is -4.46. The quantitative estimate of drug-likeness (QED) is 0.544. The molecule has 0 radical (unpaired) electrons. The van der Waals surface area contributed by atoms with Gasteiger partial charge in [0.1, 0.15) is 5.56 Å². The summed E-state index contributed by atoms with van der Waals surface area (Å²) >= 11 is 0. The van der Waals surface area contributed by atoms with E-state index in [4.69, 9.17) is 0 Å². The van der Waals surface area contributed by atoms with Gasteiger partial charge in [-0.15, -0.1) is 0 Å². The molecule has 0 spiro atoms. The number of hydrogen-bond acceptors (Lipinski definition) is 3. The van der Waals surface area contributed by atoms with Crippen molar-refractivity contribution >= 4 is 5.91 Å². The van der Waals surface area contributed by atoms with Gasteiger partial charge in [0.25, 0.3) is 11.5 Å². The van der Waals surface area contributed by atoms with Crippen molar-refractivity contribution in [3.05, 3.63) is 105 Å². The molecule has 1 heterocycles. The third kappa shape index (κ3) is 6.31.